The fourth-order valence-corrected chi connectivity index (χ4v) is 1.86. The molecule has 0 saturated carbocycles. The number of rotatable bonds is 3. The van der Waals surface area contributed by atoms with Crippen molar-refractivity contribution < 1.29 is 5.11 Å². The number of nitrogens with zero attached hydrogens (tertiary/aromatic N) is 2. The zero-order chi connectivity index (χ0) is 10.7. The van der Waals surface area contributed by atoms with Crippen molar-refractivity contribution in [2.24, 2.45) is 0 Å². The van der Waals surface area contributed by atoms with E-state index in [1.807, 2.05) is 12.1 Å². The SMILES string of the molecule is OCCc1nc(-c2cccnc2)c(Br)[nH]1. The highest BCUT2D eigenvalue weighted by Gasteiger charge is 2.09. The molecule has 0 bridgehead atoms. The lowest BCUT2D eigenvalue weighted by Gasteiger charge is -1.94. The fourth-order valence-electron chi connectivity index (χ4n) is 1.32. The van der Waals surface area contributed by atoms with Crippen LogP contribution in [0, 0.1) is 0 Å². The van der Waals surface area contributed by atoms with E-state index in [1.165, 1.54) is 0 Å². The monoisotopic (exact) mass is 267 g/mol. The van der Waals surface area contributed by atoms with Gasteiger partial charge in [-0.25, -0.2) is 4.98 Å². The minimum Gasteiger partial charge on any atom is -0.396 e. The molecule has 2 aromatic rings. The summed E-state index contributed by atoms with van der Waals surface area (Å²) in [6.45, 7) is 0.0897. The third-order valence-electron chi connectivity index (χ3n) is 1.99. The second-order valence-electron chi connectivity index (χ2n) is 3.06. The molecule has 2 aromatic heterocycles. The Bertz CT molecular complexity index is 441. The van der Waals surface area contributed by atoms with Gasteiger partial charge in [-0.15, -0.1) is 0 Å². The number of hydrogen-bond donors (Lipinski definition) is 2. The van der Waals surface area contributed by atoms with Crippen LogP contribution in [0.1, 0.15) is 5.82 Å². The predicted octanol–water partition coefficient (Wildman–Crippen LogP) is 1.77. The van der Waals surface area contributed by atoms with E-state index in [0.717, 1.165) is 21.7 Å². The van der Waals surface area contributed by atoms with Gasteiger partial charge >= 0.3 is 0 Å². The number of halogens is 1. The Morgan fingerprint density at radius 3 is 3.00 bits per heavy atom. The van der Waals surface area contributed by atoms with Crippen molar-refractivity contribution in [3.8, 4) is 11.3 Å². The normalized spacial score (nSPS) is 10.5. The summed E-state index contributed by atoms with van der Waals surface area (Å²) in [5.41, 5.74) is 1.77. The third kappa shape index (κ3) is 2.24. The Morgan fingerprint density at radius 1 is 1.47 bits per heavy atom. The number of H-pyrrole nitrogens is 1. The van der Waals surface area contributed by atoms with E-state index in [4.69, 9.17) is 5.11 Å². The highest BCUT2D eigenvalue weighted by molar-refractivity contribution is 9.10. The lowest BCUT2D eigenvalue weighted by Crippen LogP contribution is -1.92. The summed E-state index contributed by atoms with van der Waals surface area (Å²) in [6.07, 6.45) is 4.00. The number of pyridine rings is 1. The van der Waals surface area contributed by atoms with Crippen molar-refractivity contribution in [2.45, 2.75) is 6.42 Å². The molecule has 0 aromatic carbocycles. The Morgan fingerprint density at radius 2 is 2.33 bits per heavy atom. The van der Waals surface area contributed by atoms with Crippen molar-refractivity contribution >= 4 is 15.9 Å². The van der Waals surface area contributed by atoms with Crippen LogP contribution in [-0.4, -0.2) is 26.7 Å². The molecule has 0 spiro atoms. The first kappa shape index (κ1) is 10.3. The molecule has 0 aliphatic heterocycles. The zero-order valence-electron chi connectivity index (χ0n) is 7.94. The lowest BCUT2D eigenvalue weighted by atomic mass is 10.2. The van der Waals surface area contributed by atoms with Crippen molar-refractivity contribution in [1.82, 2.24) is 15.0 Å². The number of hydrogen-bond acceptors (Lipinski definition) is 3. The van der Waals surface area contributed by atoms with E-state index in [9.17, 15) is 0 Å². The van der Waals surface area contributed by atoms with E-state index in [-0.39, 0.29) is 6.61 Å². The molecule has 0 unspecified atom stereocenters. The minimum absolute atomic E-state index is 0.0897. The van der Waals surface area contributed by atoms with Crippen LogP contribution in [0.15, 0.2) is 29.1 Å². The number of aliphatic hydroxyl groups excluding tert-OH is 1. The molecule has 15 heavy (non-hydrogen) atoms. The number of aromatic nitrogens is 3. The molecule has 0 aliphatic rings. The quantitative estimate of drug-likeness (QED) is 0.891. The van der Waals surface area contributed by atoms with Crippen molar-refractivity contribution in [2.75, 3.05) is 6.61 Å². The molecular weight excluding hydrogens is 258 g/mol. The molecule has 2 heterocycles. The Kier molecular flexibility index (Phi) is 3.13. The summed E-state index contributed by atoms with van der Waals surface area (Å²) in [4.78, 5) is 11.5. The second kappa shape index (κ2) is 4.55. The Labute approximate surface area is 95.5 Å². The maximum Gasteiger partial charge on any atom is 0.110 e. The molecule has 5 heteroatoms. The largest absolute Gasteiger partial charge is 0.396 e. The molecule has 0 fully saturated rings. The summed E-state index contributed by atoms with van der Waals surface area (Å²) >= 11 is 3.40. The summed E-state index contributed by atoms with van der Waals surface area (Å²) in [7, 11) is 0. The van der Waals surface area contributed by atoms with Gasteiger partial charge in [-0.2, -0.15) is 0 Å². The Balaban J connectivity index is 2.36. The first-order valence-electron chi connectivity index (χ1n) is 4.57. The van der Waals surface area contributed by atoms with Crippen LogP contribution in [0.3, 0.4) is 0 Å². The van der Waals surface area contributed by atoms with Gasteiger partial charge in [0.05, 0.1) is 6.61 Å². The second-order valence-corrected chi connectivity index (χ2v) is 3.85. The third-order valence-corrected chi connectivity index (χ3v) is 2.57. The fraction of sp³-hybridized carbons (Fsp3) is 0.200. The lowest BCUT2D eigenvalue weighted by molar-refractivity contribution is 0.297. The van der Waals surface area contributed by atoms with Crippen LogP contribution in [0.5, 0.6) is 0 Å². The summed E-state index contributed by atoms with van der Waals surface area (Å²) in [6, 6.07) is 3.80. The predicted molar refractivity (Wildman–Crippen MR) is 60.3 cm³/mol. The van der Waals surface area contributed by atoms with Crippen LogP contribution in [0.25, 0.3) is 11.3 Å². The molecule has 0 atom stereocenters. The highest BCUT2D eigenvalue weighted by atomic mass is 79.9. The van der Waals surface area contributed by atoms with Crippen LogP contribution in [-0.2, 0) is 6.42 Å². The van der Waals surface area contributed by atoms with Gasteiger partial charge in [-0.05, 0) is 28.1 Å². The molecule has 0 radical (unpaired) electrons. The van der Waals surface area contributed by atoms with Crippen LogP contribution in [0.2, 0.25) is 0 Å². The topological polar surface area (TPSA) is 61.8 Å². The molecule has 0 aliphatic carbocycles. The maximum absolute atomic E-state index is 8.80. The van der Waals surface area contributed by atoms with Gasteiger partial charge in [0.1, 0.15) is 16.1 Å². The summed E-state index contributed by atoms with van der Waals surface area (Å²) < 4.78 is 0.818. The van der Waals surface area contributed by atoms with E-state index >= 15 is 0 Å². The first-order valence-corrected chi connectivity index (χ1v) is 5.36. The van der Waals surface area contributed by atoms with Gasteiger partial charge in [-0.1, -0.05) is 0 Å². The molecule has 78 valence electrons. The van der Waals surface area contributed by atoms with Gasteiger partial charge in [0.2, 0.25) is 0 Å². The average Bonchev–Trinajstić information content (AvgIpc) is 2.61. The molecule has 0 saturated heterocycles. The molecular formula is C10H10BrN3O. The van der Waals surface area contributed by atoms with Gasteiger partial charge in [0.25, 0.3) is 0 Å². The van der Waals surface area contributed by atoms with Crippen LogP contribution in [0.4, 0.5) is 0 Å². The Hall–Kier alpha value is -1.20. The number of aromatic amines is 1. The van der Waals surface area contributed by atoms with E-state index in [1.54, 1.807) is 12.4 Å². The maximum atomic E-state index is 8.80. The van der Waals surface area contributed by atoms with Crippen LogP contribution >= 0.6 is 15.9 Å². The van der Waals surface area contributed by atoms with Crippen molar-refractivity contribution in [1.29, 1.82) is 0 Å². The number of aliphatic hydroxyl groups is 1. The summed E-state index contributed by atoms with van der Waals surface area (Å²) in [5, 5.41) is 8.80. The standard InChI is InChI=1S/C10H10BrN3O/c11-10-9(7-2-1-4-12-6-7)13-8(14-10)3-5-15/h1-2,4,6,15H,3,5H2,(H,13,14). The van der Waals surface area contributed by atoms with Crippen molar-refractivity contribution in [3.63, 3.8) is 0 Å². The van der Waals surface area contributed by atoms with Gasteiger partial charge in [0.15, 0.2) is 0 Å². The van der Waals surface area contributed by atoms with Gasteiger partial charge < -0.3 is 10.1 Å². The molecule has 2 N–H and O–H groups in total. The van der Waals surface area contributed by atoms with Gasteiger partial charge in [0, 0.05) is 24.4 Å². The van der Waals surface area contributed by atoms with Gasteiger partial charge in [-0.3, -0.25) is 4.98 Å². The van der Waals surface area contributed by atoms with E-state index < -0.39 is 0 Å². The zero-order valence-corrected chi connectivity index (χ0v) is 9.53. The first-order chi connectivity index (χ1) is 7.31. The van der Waals surface area contributed by atoms with Crippen LogP contribution < -0.4 is 0 Å². The smallest absolute Gasteiger partial charge is 0.110 e. The van der Waals surface area contributed by atoms with Crippen molar-refractivity contribution in [3.05, 3.63) is 35.0 Å². The highest BCUT2D eigenvalue weighted by Crippen LogP contribution is 2.24. The summed E-state index contributed by atoms with van der Waals surface area (Å²) in [5.74, 6) is 0.767. The number of imidazole rings is 1. The van der Waals surface area contributed by atoms with E-state index in [0.29, 0.717) is 6.42 Å². The molecule has 4 nitrogen and oxygen atoms in total. The molecule has 0 amide bonds. The number of nitrogens with one attached hydrogen (secondary N) is 1. The van der Waals surface area contributed by atoms with E-state index in [2.05, 4.69) is 30.9 Å². The average molecular weight is 268 g/mol. The minimum atomic E-state index is 0.0897. The molecule has 2 rings (SSSR count).